The highest BCUT2D eigenvalue weighted by Gasteiger charge is 2.30. The number of ether oxygens (including phenoxy) is 1. The summed E-state index contributed by atoms with van der Waals surface area (Å²) in [5.41, 5.74) is 0.735. The Kier molecular flexibility index (Phi) is 8.95. The fraction of sp³-hybridized carbons (Fsp3) is 0.231. The minimum absolute atomic E-state index is 0.0392. The highest BCUT2D eigenvalue weighted by molar-refractivity contribution is 7.92. The molecule has 0 aliphatic rings. The first-order chi connectivity index (χ1) is 17.1. The van der Waals surface area contributed by atoms with E-state index >= 15 is 0 Å². The van der Waals surface area contributed by atoms with Crippen molar-refractivity contribution in [1.82, 2.24) is 5.32 Å². The van der Waals surface area contributed by atoms with Gasteiger partial charge in [-0.3, -0.25) is 13.9 Å². The Hall–Kier alpha value is -3.56. The Balaban J connectivity index is 1.98. The number of halogens is 1. The fourth-order valence-corrected chi connectivity index (χ4v) is 4.98. The normalized spacial score (nSPS) is 11.1. The molecule has 0 spiro atoms. The van der Waals surface area contributed by atoms with Crippen molar-refractivity contribution in [2.75, 3.05) is 22.8 Å². The summed E-state index contributed by atoms with van der Waals surface area (Å²) in [6.07, 6.45) is 0. The number of para-hydroxylation sites is 3. The minimum atomic E-state index is -4.19. The number of amides is 2. The minimum Gasteiger partial charge on any atom is -0.492 e. The Morgan fingerprint density at radius 3 is 2.28 bits per heavy atom. The van der Waals surface area contributed by atoms with E-state index in [0.717, 1.165) is 4.31 Å². The highest BCUT2D eigenvalue weighted by Crippen LogP contribution is 2.33. The van der Waals surface area contributed by atoms with Gasteiger partial charge in [0.25, 0.3) is 15.9 Å². The van der Waals surface area contributed by atoms with Crippen molar-refractivity contribution in [3.63, 3.8) is 0 Å². The number of carbonyl (C=O) groups is 2. The van der Waals surface area contributed by atoms with Gasteiger partial charge in [-0.05, 0) is 69.3 Å². The quantitative estimate of drug-likeness (QED) is 0.396. The first-order valence-electron chi connectivity index (χ1n) is 11.3. The van der Waals surface area contributed by atoms with Crippen molar-refractivity contribution >= 4 is 44.8 Å². The SMILES string of the molecule is CCOc1ccccc1N(CC(=O)Nc1ccccc1C(=O)NC(C)C)S(=O)(=O)c1ccc(Cl)cc1. The second-order valence-corrected chi connectivity index (χ2v) is 10.4. The lowest BCUT2D eigenvalue weighted by molar-refractivity contribution is -0.114. The van der Waals surface area contributed by atoms with E-state index in [0.29, 0.717) is 17.4 Å². The zero-order valence-corrected chi connectivity index (χ0v) is 21.8. The summed E-state index contributed by atoms with van der Waals surface area (Å²) in [5, 5.41) is 5.85. The number of anilines is 2. The molecule has 3 aromatic rings. The molecule has 0 radical (unpaired) electrons. The molecule has 0 aliphatic carbocycles. The van der Waals surface area contributed by atoms with Gasteiger partial charge in [0.2, 0.25) is 5.91 Å². The van der Waals surface area contributed by atoms with Gasteiger partial charge in [0, 0.05) is 11.1 Å². The average molecular weight is 530 g/mol. The van der Waals surface area contributed by atoms with Crippen molar-refractivity contribution < 1.29 is 22.7 Å². The van der Waals surface area contributed by atoms with Crippen LogP contribution in [0.25, 0.3) is 0 Å². The lowest BCUT2D eigenvalue weighted by Crippen LogP contribution is -2.39. The zero-order chi connectivity index (χ0) is 26.3. The van der Waals surface area contributed by atoms with Gasteiger partial charge in [0.1, 0.15) is 12.3 Å². The maximum atomic E-state index is 13.7. The first-order valence-corrected chi connectivity index (χ1v) is 13.1. The van der Waals surface area contributed by atoms with E-state index in [1.807, 2.05) is 13.8 Å². The number of sulfonamides is 1. The van der Waals surface area contributed by atoms with Crippen LogP contribution < -0.4 is 19.7 Å². The van der Waals surface area contributed by atoms with Gasteiger partial charge in [0.15, 0.2) is 0 Å². The standard InChI is InChI=1S/C26H28ClN3O5S/c1-4-35-24-12-8-7-11-23(24)30(36(33,34)20-15-13-19(27)14-16-20)17-25(31)29-22-10-6-5-9-21(22)26(32)28-18(2)3/h5-16,18H,4,17H2,1-3H3,(H,28,32)(H,29,31). The molecule has 36 heavy (non-hydrogen) atoms. The molecular weight excluding hydrogens is 502 g/mol. The van der Waals surface area contributed by atoms with Crippen molar-refractivity contribution in [2.24, 2.45) is 0 Å². The summed E-state index contributed by atoms with van der Waals surface area (Å²) in [4.78, 5) is 25.7. The molecular formula is C26H28ClN3O5S. The molecule has 0 atom stereocenters. The smallest absolute Gasteiger partial charge is 0.264 e. The van der Waals surface area contributed by atoms with E-state index in [1.54, 1.807) is 55.5 Å². The summed E-state index contributed by atoms with van der Waals surface area (Å²) in [7, 11) is -4.19. The van der Waals surface area contributed by atoms with E-state index in [9.17, 15) is 18.0 Å². The zero-order valence-electron chi connectivity index (χ0n) is 20.2. The van der Waals surface area contributed by atoms with Crippen LogP contribution in [0.3, 0.4) is 0 Å². The van der Waals surface area contributed by atoms with Crippen LogP contribution in [0.2, 0.25) is 5.02 Å². The number of nitrogens with one attached hydrogen (secondary N) is 2. The molecule has 3 aromatic carbocycles. The fourth-order valence-electron chi connectivity index (χ4n) is 3.42. The van der Waals surface area contributed by atoms with E-state index in [4.69, 9.17) is 16.3 Å². The van der Waals surface area contributed by atoms with Crippen LogP contribution in [0.15, 0.2) is 77.7 Å². The van der Waals surface area contributed by atoms with Crippen LogP contribution in [0.1, 0.15) is 31.1 Å². The Morgan fingerprint density at radius 2 is 1.61 bits per heavy atom. The van der Waals surface area contributed by atoms with Crippen molar-refractivity contribution in [3.05, 3.63) is 83.4 Å². The summed E-state index contributed by atoms with van der Waals surface area (Å²) >= 11 is 5.95. The van der Waals surface area contributed by atoms with Gasteiger partial charge in [-0.15, -0.1) is 0 Å². The average Bonchev–Trinajstić information content (AvgIpc) is 2.83. The van der Waals surface area contributed by atoms with Gasteiger partial charge < -0.3 is 15.4 Å². The molecule has 0 unspecified atom stereocenters. The predicted octanol–water partition coefficient (Wildman–Crippen LogP) is 4.71. The molecule has 0 heterocycles. The lowest BCUT2D eigenvalue weighted by atomic mass is 10.1. The summed E-state index contributed by atoms with van der Waals surface area (Å²) < 4.78 is 34.0. The van der Waals surface area contributed by atoms with Crippen LogP contribution in [-0.2, 0) is 14.8 Å². The molecule has 190 valence electrons. The molecule has 0 bridgehead atoms. The topological polar surface area (TPSA) is 105 Å². The molecule has 0 saturated heterocycles. The number of rotatable bonds is 10. The molecule has 0 aromatic heterocycles. The maximum absolute atomic E-state index is 13.7. The van der Waals surface area contributed by atoms with E-state index < -0.39 is 22.5 Å². The Labute approximate surface area is 216 Å². The molecule has 2 N–H and O–H groups in total. The van der Waals surface area contributed by atoms with Crippen molar-refractivity contribution in [1.29, 1.82) is 0 Å². The number of nitrogens with zero attached hydrogens (tertiary/aromatic N) is 1. The third kappa shape index (κ3) is 6.56. The van der Waals surface area contributed by atoms with Gasteiger partial charge in [0.05, 0.1) is 28.4 Å². The van der Waals surface area contributed by atoms with Crippen LogP contribution in [0.5, 0.6) is 5.75 Å². The predicted molar refractivity (Wildman–Crippen MR) is 141 cm³/mol. The van der Waals surface area contributed by atoms with Crippen LogP contribution in [-0.4, -0.2) is 39.4 Å². The van der Waals surface area contributed by atoms with E-state index in [-0.39, 0.29) is 33.8 Å². The third-order valence-electron chi connectivity index (χ3n) is 4.99. The molecule has 8 nitrogen and oxygen atoms in total. The Morgan fingerprint density at radius 1 is 0.972 bits per heavy atom. The molecule has 0 fully saturated rings. The largest absolute Gasteiger partial charge is 0.492 e. The molecule has 3 rings (SSSR count). The van der Waals surface area contributed by atoms with Crippen molar-refractivity contribution in [2.45, 2.75) is 31.7 Å². The van der Waals surface area contributed by atoms with Crippen LogP contribution >= 0.6 is 11.6 Å². The number of carbonyl (C=O) groups excluding carboxylic acids is 2. The third-order valence-corrected chi connectivity index (χ3v) is 7.01. The Bertz CT molecular complexity index is 1330. The monoisotopic (exact) mass is 529 g/mol. The van der Waals surface area contributed by atoms with Gasteiger partial charge in [-0.2, -0.15) is 0 Å². The van der Waals surface area contributed by atoms with Gasteiger partial charge in [-0.25, -0.2) is 8.42 Å². The summed E-state index contributed by atoms with van der Waals surface area (Å²) in [6, 6.07) is 18.7. The molecule has 2 amide bonds. The molecule has 10 heteroatoms. The number of hydrogen-bond donors (Lipinski definition) is 2. The second-order valence-electron chi connectivity index (χ2n) is 8.09. The van der Waals surface area contributed by atoms with E-state index in [2.05, 4.69) is 10.6 Å². The highest BCUT2D eigenvalue weighted by atomic mass is 35.5. The maximum Gasteiger partial charge on any atom is 0.264 e. The number of hydrogen-bond acceptors (Lipinski definition) is 5. The summed E-state index contributed by atoms with van der Waals surface area (Å²) in [5.74, 6) is -0.682. The molecule has 0 aliphatic heterocycles. The van der Waals surface area contributed by atoms with Gasteiger partial charge >= 0.3 is 0 Å². The second kappa shape index (κ2) is 11.9. The van der Waals surface area contributed by atoms with Crippen molar-refractivity contribution in [3.8, 4) is 5.75 Å². The van der Waals surface area contributed by atoms with Crippen LogP contribution in [0.4, 0.5) is 11.4 Å². The van der Waals surface area contributed by atoms with E-state index in [1.165, 1.54) is 24.3 Å². The first kappa shape index (κ1) is 27.0. The van der Waals surface area contributed by atoms with Gasteiger partial charge in [-0.1, -0.05) is 35.9 Å². The number of benzene rings is 3. The van der Waals surface area contributed by atoms with Crippen LogP contribution in [0, 0.1) is 0 Å². The molecule has 0 saturated carbocycles. The lowest BCUT2D eigenvalue weighted by Gasteiger charge is -2.26. The summed E-state index contributed by atoms with van der Waals surface area (Å²) in [6.45, 7) is 5.18.